The lowest BCUT2D eigenvalue weighted by molar-refractivity contribution is -0.705. The molecule has 1 fully saturated rings. The molecule has 2 aromatic rings. The van der Waals surface area contributed by atoms with Crippen LogP contribution >= 0.6 is 0 Å². The van der Waals surface area contributed by atoms with Gasteiger partial charge < -0.3 is 12.4 Å². The van der Waals surface area contributed by atoms with Crippen molar-refractivity contribution in [2.45, 2.75) is 38.1 Å². The number of nitrogens with zero attached hydrogens (tertiary/aromatic N) is 1. The molecule has 0 N–H and O–H groups in total. The number of hydrogen-bond donors (Lipinski definition) is 0. The van der Waals surface area contributed by atoms with Gasteiger partial charge in [-0.15, -0.1) is 0 Å². The van der Waals surface area contributed by atoms with Gasteiger partial charge in [0, 0.05) is 23.6 Å². The predicted octanol–water partition coefficient (Wildman–Crippen LogP) is 1.13. The van der Waals surface area contributed by atoms with Crippen molar-refractivity contribution in [3.8, 4) is 11.3 Å². The molecule has 0 amide bonds. The molecular weight excluding hydrogens is 266 g/mol. The van der Waals surface area contributed by atoms with Crippen LogP contribution in [0.25, 0.3) is 11.3 Å². The van der Waals surface area contributed by atoms with Gasteiger partial charge in [-0.1, -0.05) is 37.5 Å². The molecule has 1 unspecified atom stereocenters. The average Bonchev–Trinajstić information content (AvgIpc) is 2.83. The minimum absolute atomic E-state index is 0. The fourth-order valence-electron chi connectivity index (χ4n) is 4.00. The monoisotopic (exact) mass is 285 g/mol. The van der Waals surface area contributed by atoms with Crippen LogP contribution in [0.3, 0.4) is 0 Å². The average molecular weight is 286 g/mol. The van der Waals surface area contributed by atoms with Crippen molar-refractivity contribution < 1.29 is 17.0 Å². The Kier molecular flexibility index (Phi) is 3.80. The van der Waals surface area contributed by atoms with Gasteiger partial charge in [0.05, 0.1) is 5.56 Å². The van der Waals surface area contributed by atoms with Crippen molar-refractivity contribution >= 4 is 0 Å². The highest BCUT2D eigenvalue weighted by Gasteiger charge is 2.41. The second-order valence-corrected chi connectivity index (χ2v) is 5.92. The fourth-order valence-corrected chi connectivity index (χ4v) is 4.00. The van der Waals surface area contributed by atoms with Crippen LogP contribution in [0, 0.1) is 5.92 Å². The lowest BCUT2D eigenvalue weighted by atomic mass is 9.81. The van der Waals surface area contributed by atoms with Gasteiger partial charge in [0.2, 0.25) is 5.69 Å². The van der Waals surface area contributed by atoms with Crippen LogP contribution < -0.4 is 17.0 Å². The van der Waals surface area contributed by atoms with Crippen molar-refractivity contribution in [2.24, 2.45) is 5.92 Å². The fraction of sp³-hybridized carbons (Fsp3) is 0.389. The minimum Gasteiger partial charge on any atom is -1.00 e. The largest absolute Gasteiger partial charge is 1.00 e. The van der Waals surface area contributed by atoms with Gasteiger partial charge in [0.1, 0.15) is 0 Å². The molecule has 0 bridgehead atoms. The third-order valence-electron chi connectivity index (χ3n) is 4.84. The van der Waals surface area contributed by atoms with E-state index in [4.69, 9.17) is 0 Å². The number of aromatic nitrogens is 1. The highest BCUT2D eigenvalue weighted by molar-refractivity contribution is 5.64. The van der Waals surface area contributed by atoms with Crippen molar-refractivity contribution in [1.82, 2.24) is 0 Å². The molecule has 2 aliphatic rings. The lowest BCUT2D eigenvalue weighted by Crippen LogP contribution is -3.00. The summed E-state index contributed by atoms with van der Waals surface area (Å²) >= 11 is 0. The first-order valence-electron chi connectivity index (χ1n) is 7.54. The Morgan fingerprint density at radius 1 is 0.850 bits per heavy atom. The number of fused-ring (bicyclic) bond motifs is 3. The molecule has 1 nitrogen and oxygen atoms in total. The van der Waals surface area contributed by atoms with Gasteiger partial charge in [-0.25, -0.2) is 0 Å². The predicted molar refractivity (Wildman–Crippen MR) is 76.8 cm³/mol. The molecule has 1 aliphatic carbocycles. The summed E-state index contributed by atoms with van der Waals surface area (Å²) in [6, 6.07) is 16.2. The molecular formula is C18H20ClN. The number of hydrogen-bond acceptors (Lipinski definition) is 0. The van der Waals surface area contributed by atoms with Crippen molar-refractivity contribution in [3.05, 3.63) is 54.2 Å². The van der Waals surface area contributed by atoms with E-state index in [0.29, 0.717) is 6.04 Å². The van der Waals surface area contributed by atoms with E-state index in [1.807, 2.05) is 0 Å². The standard InChI is InChI=1S/C18H20N.ClH/c1-2-8-14(9-3-1)18-16-11-5-4-10-15(16)17-12-6-7-13-19(17)18;/h4-7,10-14,18H,1-3,8-9H2;1H/q+1;/p-1. The molecule has 104 valence electrons. The molecule has 0 spiro atoms. The van der Waals surface area contributed by atoms with Crippen LogP contribution in [-0.4, -0.2) is 0 Å². The van der Waals surface area contributed by atoms with Crippen molar-refractivity contribution in [1.29, 1.82) is 0 Å². The summed E-state index contributed by atoms with van der Waals surface area (Å²) < 4.78 is 2.51. The second kappa shape index (κ2) is 5.57. The number of benzene rings is 1. The molecule has 1 saturated carbocycles. The molecule has 1 aromatic carbocycles. The third-order valence-corrected chi connectivity index (χ3v) is 4.84. The Morgan fingerprint density at radius 3 is 2.45 bits per heavy atom. The molecule has 2 heterocycles. The topological polar surface area (TPSA) is 3.88 Å². The summed E-state index contributed by atoms with van der Waals surface area (Å²) in [6.07, 6.45) is 9.30. The lowest BCUT2D eigenvalue weighted by Gasteiger charge is -2.24. The maximum Gasteiger partial charge on any atom is 0.213 e. The minimum atomic E-state index is 0. The van der Waals surface area contributed by atoms with E-state index in [1.54, 1.807) is 5.56 Å². The van der Waals surface area contributed by atoms with Crippen LogP contribution in [-0.2, 0) is 0 Å². The van der Waals surface area contributed by atoms with Gasteiger partial charge in [-0.2, -0.15) is 4.57 Å². The van der Waals surface area contributed by atoms with E-state index < -0.39 is 0 Å². The zero-order chi connectivity index (χ0) is 12.7. The van der Waals surface area contributed by atoms with Gasteiger partial charge in [0.25, 0.3) is 0 Å². The Balaban J connectivity index is 0.00000121. The number of pyridine rings is 1. The molecule has 1 aromatic heterocycles. The van der Waals surface area contributed by atoms with Gasteiger partial charge >= 0.3 is 0 Å². The molecule has 1 atom stereocenters. The summed E-state index contributed by atoms with van der Waals surface area (Å²) in [7, 11) is 0. The van der Waals surface area contributed by atoms with Crippen molar-refractivity contribution in [2.75, 3.05) is 0 Å². The molecule has 1 aliphatic heterocycles. The van der Waals surface area contributed by atoms with Crippen LogP contribution in [0.4, 0.5) is 0 Å². The highest BCUT2D eigenvalue weighted by atomic mass is 35.5. The van der Waals surface area contributed by atoms with E-state index in [1.165, 1.54) is 43.4 Å². The zero-order valence-corrected chi connectivity index (χ0v) is 12.4. The number of halogens is 1. The molecule has 0 radical (unpaired) electrons. The van der Waals surface area contributed by atoms with Gasteiger partial charge in [0.15, 0.2) is 12.2 Å². The molecule has 0 saturated heterocycles. The number of rotatable bonds is 1. The van der Waals surface area contributed by atoms with Gasteiger partial charge in [-0.3, -0.25) is 0 Å². The van der Waals surface area contributed by atoms with Crippen molar-refractivity contribution in [3.63, 3.8) is 0 Å². The first kappa shape index (κ1) is 13.6. The Morgan fingerprint density at radius 2 is 1.60 bits per heavy atom. The normalized spacial score (nSPS) is 20.9. The van der Waals surface area contributed by atoms with Crippen LogP contribution in [0.5, 0.6) is 0 Å². The first-order chi connectivity index (χ1) is 9.45. The van der Waals surface area contributed by atoms with Crippen LogP contribution in [0.15, 0.2) is 48.7 Å². The van der Waals surface area contributed by atoms with Crippen LogP contribution in [0.1, 0.15) is 43.7 Å². The molecule has 2 heteroatoms. The van der Waals surface area contributed by atoms with E-state index in [0.717, 1.165) is 5.92 Å². The molecule has 4 rings (SSSR count). The summed E-state index contributed by atoms with van der Waals surface area (Å²) in [4.78, 5) is 0. The Hall–Kier alpha value is -1.34. The Labute approximate surface area is 127 Å². The van der Waals surface area contributed by atoms with Crippen LogP contribution in [0.2, 0.25) is 0 Å². The second-order valence-electron chi connectivity index (χ2n) is 5.92. The Bertz CT molecular complexity index is 556. The maximum atomic E-state index is 2.51. The van der Waals surface area contributed by atoms with Gasteiger partial charge in [-0.05, 0) is 25.0 Å². The maximum absolute atomic E-state index is 2.51. The summed E-state index contributed by atoms with van der Waals surface area (Å²) in [6.45, 7) is 0. The quantitative estimate of drug-likeness (QED) is 0.692. The smallest absolute Gasteiger partial charge is 0.213 e. The van der Waals surface area contributed by atoms with E-state index in [9.17, 15) is 0 Å². The summed E-state index contributed by atoms with van der Waals surface area (Å²) in [5.41, 5.74) is 4.38. The highest BCUT2D eigenvalue weighted by Crippen LogP contribution is 2.41. The SMILES string of the molecule is [Cl-].c1ccc2c(c1)-c1cccc[n+]1C2C1CCCCC1. The van der Waals surface area contributed by atoms with E-state index >= 15 is 0 Å². The summed E-state index contributed by atoms with van der Waals surface area (Å²) in [5.74, 6) is 0.823. The van der Waals surface area contributed by atoms with E-state index in [-0.39, 0.29) is 12.4 Å². The zero-order valence-electron chi connectivity index (χ0n) is 11.6. The third kappa shape index (κ3) is 2.05. The summed E-state index contributed by atoms with van der Waals surface area (Å²) in [5, 5.41) is 0. The van der Waals surface area contributed by atoms with E-state index in [2.05, 4.69) is 53.2 Å². The first-order valence-corrected chi connectivity index (χ1v) is 7.54. The molecule has 20 heavy (non-hydrogen) atoms.